The molecular formula is C18H25N6O3P3. The van der Waals surface area contributed by atoms with Gasteiger partial charge in [-0.3, -0.25) is 0 Å². The maximum Gasteiger partial charge on any atom is 0.347 e. The van der Waals surface area contributed by atoms with Crippen molar-refractivity contribution in [3.05, 3.63) is 60.7 Å². The highest BCUT2D eigenvalue weighted by Crippen LogP contribution is 2.78. The molecule has 0 radical (unpaired) electrons. The minimum atomic E-state index is -2.87. The second kappa shape index (κ2) is 8.60. The Hall–Kier alpha value is -1.43. The van der Waals surface area contributed by atoms with Crippen molar-refractivity contribution < 1.29 is 13.6 Å². The van der Waals surface area contributed by atoms with Gasteiger partial charge in [-0.1, -0.05) is 36.4 Å². The van der Waals surface area contributed by atoms with E-state index in [2.05, 4.69) is 15.3 Å². The molecule has 0 aliphatic carbocycles. The molecule has 0 bridgehead atoms. The molecule has 0 aromatic heterocycles. The maximum absolute atomic E-state index is 6.19. The summed E-state index contributed by atoms with van der Waals surface area (Å²) < 4.78 is 33.5. The molecule has 5 rings (SSSR count). The Labute approximate surface area is 176 Å². The van der Waals surface area contributed by atoms with Gasteiger partial charge in [-0.25, -0.2) is 5.09 Å². The van der Waals surface area contributed by atoms with Crippen LogP contribution in [0.4, 0.5) is 11.4 Å². The summed E-state index contributed by atoms with van der Waals surface area (Å²) in [5.41, 5.74) is 1.82. The van der Waals surface area contributed by atoms with Gasteiger partial charge < -0.3 is 23.7 Å². The normalized spacial score (nSPS) is 26.8. The Bertz CT molecular complexity index is 980. The zero-order valence-electron chi connectivity index (χ0n) is 16.4. The number of benzene rings is 2. The van der Waals surface area contributed by atoms with Gasteiger partial charge in [0.1, 0.15) is 0 Å². The third-order valence-electron chi connectivity index (χ3n) is 4.56. The number of para-hydroxylation sites is 2. The molecule has 160 valence electrons. The van der Waals surface area contributed by atoms with Gasteiger partial charge in [0.25, 0.3) is 15.1 Å². The molecule has 2 aromatic carbocycles. The lowest BCUT2D eigenvalue weighted by Crippen LogP contribution is -2.23. The summed E-state index contributed by atoms with van der Waals surface area (Å²) in [6.45, 7) is 2.52. The zero-order chi connectivity index (χ0) is 20.3. The first-order valence-electron chi connectivity index (χ1n) is 9.96. The van der Waals surface area contributed by atoms with Crippen molar-refractivity contribution in [1.29, 1.82) is 0 Å². The van der Waals surface area contributed by atoms with E-state index in [1.54, 1.807) is 0 Å². The van der Waals surface area contributed by atoms with Crippen LogP contribution < -0.4 is 15.3 Å². The number of anilines is 2. The molecule has 30 heavy (non-hydrogen) atoms. The number of nitrogens with one attached hydrogen (secondary N) is 3. The van der Waals surface area contributed by atoms with E-state index >= 15 is 0 Å². The van der Waals surface area contributed by atoms with Gasteiger partial charge in [0.2, 0.25) is 0 Å². The number of hydrogen-bond donors (Lipinski definition) is 3. The number of nitrogens with zero attached hydrogens (tertiary/aromatic N) is 3. The molecule has 1 atom stereocenters. The van der Waals surface area contributed by atoms with E-state index in [1.807, 2.05) is 60.7 Å². The van der Waals surface area contributed by atoms with E-state index in [0.717, 1.165) is 30.8 Å². The van der Waals surface area contributed by atoms with E-state index < -0.39 is 22.7 Å². The first-order chi connectivity index (χ1) is 14.7. The summed E-state index contributed by atoms with van der Waals surface area (Å²) in [6.07, 6.45) is 1.74. The lowest BCUT2D eigenvalue weighted by molar-refractivity contribution is 0.174. The van der Waals surface area contributed by atoms with E-state index in [-0.39, 0.29) is 0 Å². The summed E-state index contributed by atoms with van der Waals surface area (Å²) in [7, 11) is -8.34. The fourth-order valence-corrected chi connectivity index (χ4v) is 13.9. The topological polar surface area (TPSA) is 101 Å². The molecular weight excluding hydrogens is 441 g/mol. The van der Waals surface area contributed by atoms with Crippen molar-refractivity contribution in [3.63, 3.8) is 0 Å². The van der Waals surface area contributed by atoms with Gasteiger partial charge in [0.15, 0.2) is 0 Å². The average Bonchev–Trinajstić information content (AvgIpc) is 2.75. The van der Waals surface area contributed by atoms with Crippen LogP contribution in [0.5, 0.6) is 0 Å². The van der Waals surface area contributed by atoms with Gasteiger partial charge in [-0.2, -0.15) is 13.5 Å². The van der Waals surface area contributed by atoms with Gasteiger partial charge in [-0.15, -0.1) is 0 Å². The molecule has 1 unspecified atom stereocenters. The van der Waals surface area contributed by atoms with Crippen LogP contribution >= 0.6 is 22.7 Å². The molecule has 9 nitrogen and oxygen atoms in total. The molecule has 0 saturated carbocycles. The quantitative estimate of drug-likeness (QED) is 0.444. The van der Waals surface area contributed by atoms with Crippen molar-refractivity contribution in [2.45, 2.75) is 12.8 Å². The fourth-order valence-electron chi connectivity index (χ4n) is 3.26. The Morgan fingerprint density at radius 1 is 0.700 bits per heavy atom. The summed E-state index contributed by atoms with van der Waals surface area (Å²) in [4.78, 5) is 0. The second-order valence-corrected chi connectivity index (χ2v) is 13.9. The predicted molar refractivity (Wildman–Crippen MR) is 123 cm³/mol. The summed E-state index contributed by atoms with van der Waals surface area (Å²) in [6, 6.07) is 19.9. The van der Waals surface area contributed by atoms with Gasteiger partial charge in [0.05, 0.1) is 19.8 Å². The van der Waals surface area contributed by atoms with Crippen LogP contribution in [0.2, 0.25) is 0 Å². The average molecular weight is 466 g/mol. The van der Waals surface area contributed by atoms with Gasteiger partial charge in [0, 0.05) is 17.9 Å². The van der Waals surface area contributed by atoms with Crippen molar-refractivity contribution in [3.8, 4) is 0 Å². The highest BCUT2D eigenvalue weighted by molar-refractivity contribution is 7.84. The van der Waals surface area contributed by atoms with Crippen LogP contribution in [0.15, 0.2) is 74.2 Å². The molecule has 3 heterocycles. The van der Waals surface area contributed by atoms with Gasteiger partial charge in [-0.05, 0) is 37.1 Å². The highest BCUT2D eigenvalue weighted by Gasteiger charge is 2.42. The molecule has 2 spiro atoms. The highest BCUT2D eigenvalue weighted by atomic mass is 31.3. The Morgan fingerprint density at radius 3 is 1.87 bits per heavy atom. The van der Waals surface area contributed by atoms with Gasteiger partial charge >= 0.3 is 7.66 Å². The lowest BCUT2D eigenvalue weighted by Gasteiger charge is -2.38. The van der Waals surface area contributed by atoms with Crippen LogP contribution in [-0.2, 0) is 13.6 Å². The third kappa shape index (κ3) is 4.44. The van der Waals surface area contributed by atoms with Crippen LogP contribution in [0.3, 0.4) is 0 Å². The first kappa shape index (κ1) is 20.5. The standard InChI is InChI=1S/C18H25N6O3P3/c1-3-9-17(10-4-1)20-28(21-18-11-5-2-6-12-18)22-29(19-13-7-14-25-29)24-30(23-28)26-15-8-16-27-30/h1-6,9-12,19-21H,7-8,13-16H2. The largest absolute Gasteiger partial charge is 0.347 e. The van der Waals surface area contributed by atoms with Crippen molar-refractivity contribution in [1.82, 2.24) is 5.09 Å². The van der Waals surface area contributed by atoms with E-state index in [9.17, 15) is 0 Å². The summed E-state index contributed by atoms with van der Waals surface area (Å²) >= 11 is 0. The molecule has 3 aliphatic rings. The molecule has 3 N–H and O–H groups in total. The Morgan fingerprint density at radius 2 is 1.30 bits per heavy atom. The Kier molecular flexibility index (Phi) is 5.87. The maximum atomic E-state index is 6.19. The third-order valence-corrected chi connectivity index (χ3v) is 13.7. The summed E-state index contributed by atoms with van der Waals surface area (Å²) in [5, 5.41) is 10.6. The van der Waals surface area contributed by atoms with E-state index in [4.69, 9.17) is 27.1 Å². The fraction of sp³-hybridized carbons (Fsp3) is 0.333. The van der Waals surface area contributed by atoms with Crippen LogP contribution in [-0.4, -0.2) is 26.4 Å². The first-order valence-corrected chi connectivity index (χ1v) is 14.8. The lowest BCUT2D eigenvalue weighted by atomic mass is 10.3. The predicted octanol–water partition coefficient (Wildman–Crippen LogP) is 6.51. The summed E-state index contributed by atoms with van der Waals surface area (Å²) in [5.74, 6) is 0. The van der Waals surface area contributed by atoms with Crippen molar-refractivity contribution in [2.75, 3.05) is 36.5 Å². The SMILES string of the molecule is c1ccc(NP2(Nc3ccccc3)=NP3(=NP4(=N2)OCCCO4)NCCCO3)cc1. The minimum absolute atomic E-state index is 0.567. The van der Waals surface area contributed by atoms with E-state index in [0.29, 0.717) is 19.8 Å². The monoisotopic (exact) mass is 466 g/mol. The number of rotatable bonds is 4. The molecule has 2 aromatic rings. The molecule has 3 aliphatic heterocycles. The van der Waals surface area contributed by atoms with E-state index in [1.165, 1.54) is 0 Å². The smallest absolute Gasteiger partial charge is 0.318 e. The molecule has 0 amide bonds. The minimum Gasteiger partial charge on any atom is -0.318 e. The molecule has 2 fully saturated rings. The second-order valence-electron chi connectivity index (χ2n) is 6.97. The Balaban J connectivity index is 1.69. The molecule has 2 saturated heterocycles. The van der Waals surface area contributed by atoms with Crippen LogP contribution in [0.1, 0.15) is 12.8 Å². The van der Waals surface area contributed by atoms with Crippen molar-refractivity contribution in [2.24, 2.45) is 13.5 Å². The zero-order valence-corrected chi connectivity index (χ0v) is 19.1. The molecule has 12 heteroatoms. The van der Waals surface area contributed by atoms with Crippen LogP contribution in [0, 0.1) is 0 Å². The van der Waals surface area contributed by atoms with Crippen LogP contribution in [0.25, 0.3) is 0 Å². The van der Waals surface area contributed by atoms with Crippen molar-refractivity contribution >= 4 is 34.1 Å². The number of hydrogen-bond acceptors (Lipinski definition) is 9.